The monoisotopic (exact) mass is 629 g/mol. The second kappa shape index (κ2) is 13.5. The number of sulfonamides is 1. The smallest absolute Gasteiger partial charge is 0.478 e. The zero-order valence-electron chi connectivity index (χ0n) is 23.1. The number of alkyl halides is 3. The van der Waals surface area contributed by atoms with Crippen molar-refractivity contribution in [3.63, 3.8) is 0 Å². The van der Waals surface area contributed by atoms with E-state index in [4.69, 9.17) is 4.74 Å². The van der Waals surface area contributed by atoms with Crippen molar-refractivity contribution in [2.75, 3.05) is 11.8 Å². The number of carboxylic acids is 1. The molecule has 0 aliphatic heterocycles. The minimum atomic E-state index is -5.00. The predicted octanol–water partition coefficient (Wildman–Crippen LogP) is 5.84. The number of aliphatic carboxylic acids is 1. The number of esters is 1. The van der Waals surface area contributed by atoms with E-state index in [0.29, 0.717) is 5.56 Å². The van der Waals surface area contributed by atoms with Crippen LogP contribution in [0.25, 0.3) is 0 Å². The fourth-order valence-electron chi connectivity index (χ4n) is 4.23. The predicted molar refractivity (Wildman–Crippen MR) is 153 cm³/mol. The van der Waals surface area contributed by atoms with Crippen LogP contribution in [0.1, 0.15) is 27.0 Å². The number of carboxylic acid groups (broad SMARTS) is 1. The molecular formula is C31H26F3NO8S. The van der Waals surface area contributed by atoms with Crippen LogP contribution in [0.15, 0.2) is 102 Å². The third-order valence-electron chi connectivity index (χ3n) is 6.25. The summed E-state index contributed by atoms with van der Waals surface area (Å²) in [6.45, 7) is 0. The average Bonchev–Trinajstić information content (AvgIpc) is 2.97. The highest BCUT2D eigenvalue weighted by atomic mass is 32.2. The summed E-state index contributed by atoms with van der Waals surface area (Å²) >= 11 is 0. The molecule has 0 aliphatic carbocycles. The lowest BCUT2D eigenvalue weighted by atomic mass is 10.0. The van der Waals surface area contributed by atoms with Gasteiger partial charge in [-0.1, -0.05) is 42.5 Å². The average molecular weight is 630 g/mol. The number of nitrogens with one attached hydrogen (secondary N) is 1. The van der Waals surface area contributed by atoms with Crippen molar-refractivity contribution in [1.82, 2.24) is 0 Å². The number of methoxy groups -OCH3 is 1. The summed E-state index contributed by atoms with van der Waals surface area (Å²) in [5.41, 5.74) is 1.59. The molecule has 0 heterocycles. The molecule has 0 spiro atoms. The Bertz CT molecular complexity index is 1710. The van der Waals surface area contributed by atoms with Gasteiger partial charge in [0.1, 0.15) is 11.5 Å². The Balaban J connectivity index is 1.55. The number of benzene rings is 4. The van der Waals surface area contributed by atoms with E-state index in [0.717, 1.165) is 23.8 Å². The van der Waals surface area contributed by atoms with Crippen LogP contribution in [0, 0.1) is 0 Å². The molecule has 0 saturated carbocycles. The molecule has 1 atom stereocenters. The first kappa shape index (κ1) is 31.9. The van der Waals surface area contributed by atoms with Crippen molar-refractivity contribution in [2.24, 2.45) is 0 Å². The Morgan fingerprint density at radius 3 is 2.09 bits per heavy atom. The number of anilines is 1. The Morgan fingerprint density at radius 1 is 0.864 bits per heavy atom. The molecule has 44 heavy (non-hydrogen) atoms. The van der Waals surface area contributed by atoms with Crippen molar-refractivity contribution in [3.8, 4) is 11.5 Å². The molecule has 4 rings (SSSR count). The molecule has 0 fully saturated rings. The van der Waals surface area contributed by atoms with Crippen LogP contribution < -0.4 is 14.2 Å². The molecule has 0 aromatic heterocycles. The minimum Gasteiger partial charge on any atom is -0.478 e. The van der Waals surface area contributed by atoms with Gasteiger partial charge < -0.3 is 19.3 Å². The van der Waals surface area contributed by atoms with Crippen molar-refractivity contribution in [2.45, 2.75) is 30.2 Å². The first-order valence-corrected chi connectivity index (χ1v) is 14.4. The molecule has 0 aliphatic rings. The molecule has 13 heteroatoms. The van der Waals surface area contributed by atoms with Crippen molar-refractivity contribution < 1.29 is 50.5 Å². The van der Waals surface area contributed by atoms with Gasteiger partial charge in [0.25, 0.3) is 10.0 Å². The standard InChI is InChI=1S/C31H26F3NO8S/c1-41-30(38)22-9-7-21(8-10-22)17-23-19-26(43-31(32,33)34)15-16-28(23)44(39,40)35-24-11-13-25(14-12-24)42-27(29(36)37)18-20-5-3-2-4-6-20/h2-16,19,27,35H,17-18H2,1H3,(H,36,37)/t27-/m0/s1. The van der Waals surface area contributed by atoms with Gasteiger partial charge >= 0.3 is 18.3 Å². The van der Waals surface area contributed by atoms with E-state index >= 15 is 0 Å². The molecule has 0 saturated heterocycles. The van der Waals surface area contributed by atoms with E-state index in [9.17, 15) is 36.3 Å². The highest BCUT2D eigenvalue weighted by Gasteiger charge is 2.32. The number of hydrogen-bond acceptors (Lipinski definition) is 7. The van der Waals surface area contributed by atoms with Crippen LogP contribution in [-0.2, 0) is 32.4 Å². The number of rotatable bonds is 12. The van der Waals surface area contributed by atoms with E-state index < -0.39 is 40.2 Å². The summed E-state index contributed by atoms with van der Waals surface area (Å²) in [6, 6.07) is 23.2. The van der Waals surface area contributed by atoms with Crippen LogP contribution in [-0.4, -0.2) is 45.0 Å². The highest BCUT2D eigenvalue weighted by molar-refractivity contribution is 7.92. The molecule has 0 unspecified atom stereocenters. The first-order valence-electron chi connectivity index (χ1n) is 12.9. The minimum absolute atomic E-state index is 0.00441. The van der Waals surface area contributed by atoms with Crippen molar-refractivity contribution in [1.29, 1.82) is 0 Å². The summed E-state index contributed by atoms with van der Waals surface area (Å²) in [6.07, 6.45) is -6.20. The summed E-state index contributed by atoms with van der Waals surface area (Å²) in [7, 11) is -3.12. The fourth-order valence-corrected chi connectivity index (χ4v) is 5.51. The molecule has 230 valence electrons. The Hall–Kier alpha value is -5.04. The molecule has 0 bridgehead atoms. The van der Waals surface area contributed by atoms with E-state index in [-0.39, 0.29) is 40.3 Å². The van der Waals surface area contributed by atoms with Crippen LogP contribution in [0.3, 0.4) is 0 Å². The summed E-state index contributed by atoms with van der Waals surface area (Å²) in [5, 5.41) is 9.58. The van der Waals surface area contributed by atoms with Crippen molar-refractivity contribution >= 4 is 27.6 Å². The van der Waals surface area contributed by atoms with Crippen LogP contribution in [0.2, 0.25) is 0 Å². The summed E-state index contributed by atoms with van der Waals surface area (Å²) < 4.78 is 82.1. The second-order valence-electron chi connectivity index (χ2n) is 9.45. The molecule has 4 aromatic carbocycles. The largest absolute Gasteiger partial charge is 0.573 e. The molecular weight excluding hydrogens is 603 g/mol. The molecule has 0 radical (unpaired) electrons. The SMILES string of the molecule is COC(=O)c1ccc(Cc2cc(OC(F)(F)F)ccc2S(=O)(=O)Nc2ccc(O[C@@H](Cc3ccccc3)C(=O)O)cc2)cc1. The van der Waals surface area contributed by atoms with Crippen molar-refractivity contribution in [3.05, 3.63) is 119 Å². The Labute approximate surface area is 250 Å². The van der Waals surface area contributed by atoms with Gasteiger partial charge in [0.05, 0.1) is 17.6 Å². The number of hydrogen-bond donors (Lipinski definition) is 2. The van der Waals surface area contributed by atoms with Gasteiger partial charge in [-0.3, -0.25) is 4.72 Å². The Morgan fingerprint density at radius 2 is 1.50 bits per heavy atom. The molecule has 9 nitrogen and oxygen atoms in total. The summed E-state index contributed by atoms with van der Waals surface area (Å²) in [5.74, 6) is -2.19. The van der Waals surface area contributed by atoms with E-state index in [1.807, 2.05) is 0 Å². The fraction of sp³-hybridized carbons (Fsp3) is 0.161. The maximum Gasteiger partial charge on any atom is 0.573 e. The third kappa shape index (κ3) is 8.74. The zero-order chi connectivity index (χ0) is 31.9. The van der Waals surface area contributed by atoms with Gasteiger partial charge in [-0.15, -0.1) is 13.2 Å². The van der Waals surface area contributed by atoms with Crippen LogP contribution in [0.4, 0.5) is 18.9 Å². The van der Waals surface area contributed by atoms with Gasteiger partial charge in [-0.2, -0.15) is 0 Å². The quantitative estimate of drug-likeness (QED) is 0.187. The number of carbonyl (C=O) groups is 2. The van der Waals surface area contributed by atoms with Gasteiger partial charge in [-0.05, 0) is 77.7 Å². The maximum atomic E-state index is 13.4. The lowest BCUT2D eigenvalue weighted by Crippen LogP contribution is -2.29. The Kier molecular flexibility index (Phi) is 9.79. The number of carbonyl (C=O) groups excluding carboxylic acids is 1. The van der Waals surface area contributed by atoms with E-state index in [2.05, 4.69) is 14.2 Å². The zero-order valence-corrected chi connectivity index (χ0v) is 23.9. The van der Waals surface area contributed by atoms with Crippen LogP contribution >= 0.6 is 0 Å². The molecule has 4 aromatic rings. The lowest BCUT2D eigenvalue weighted by molar-refractivity contribution is -0.274. The van der Waals surface area contributed by atoms with Gasteiger partial charge in [0.2, 0.25) is 0 Å². The summed E-state index contributed by atoms with van der Waals surface area (Å²) in [4.78, 5) is 23.2. The number of ether oxygens (including phenoxy) is 3. The maximum absolute atomic E-state index is 13.4. The lowest BCUT2D eigenvalue weighted by Gasteiger charge is -2.17. The first-order chi connectivity index (χ1) is 20.8. The molecule has 2 N–H and O–H groups in total. The topological polar surface area (TPSA) is 128 Å². The van der Waals surface area contributed by atoms with E-state index in [1.54, 1.807) is 30.3 Å². The normalized spacial score (nSPS) is 12.2. The van der Waals surface area contributed by atoms with E-state index in [1.165, 1.54) is 55.6 Å². The number of halogens is 3. The highest BCUT2D eigenvalue weighted by Crippen LogP contribution is 2.30. The van der Waals surface area contributed by atoms with Gasteiger partial charge in [0, 0.05) is 12.1 Å². The third-order valence-corrected chi connectivity index (χ3v) is 7.73. The molecule has 0 amide bonds. The second-order valence-corrected chi connectivity index (χ2v) is 11.1. The van der Waals surface area contributed by atoms with Gasteiger partial charge in [0.15, 0.2) is 6.10 Å². The van der Waals surface area contributed by atoms with Crippen LogP contribution in [0.5, 0.6) is 11.5 Å². The van der Waals surface area contributed by atoms with Gasteiger partial charge in [-0.25, -0.2) is 18.0 Å².